The van der Waals surface area contributed by atoms with E-state index >= 15 is 0 Å². The van der Waals surface area contributed by atoms with Crippen molar-refractivity contribution in [2.75, 3.05) is 0 Å². The Morgan fingerprint density at radius 1 is 1.29 bits per heavy atom. The molecule has 0 saturated heterocycles. The molecule has 96 valence electrons. The zero-order valence-corrected chi connectivity index (χ0v) is 12.1. The zero-order valence-electron chi connectivity index (χ0n) is 11.3. The highest BCUT2D eigenvalue weighted by molar-refractivity contribution is 7.09. The summed E-state index contributed by atoms with van der Waals surface area (Å²) in [7, 11) is 0. The minimum Gasteiger partial charge on any atom is -0.325 e. The minimum absolute atomic E-state index is 0.0196. The lowest BCUT2D eigenvalue weighted by Gasteiger charge is -2.28. The maximum absolute atomic E-state index is 6.59. The molecule has 1 aromatic rings. The van der Waals surface area contributed by atoms with Crippen LogP contribution in [0, 0.1) is 12.3 Å². The van der Waals surface area contributed by atoms with E-state index in [1.54, 1.807) is 11.3 Å². The van der Waals surface area contributed by atoms with Crippen LogP contribution in [0.3, 0.4) is 0 Å². The molecule has 1 unspecified atom stereocenters. The van der Waals surface area contributed by atoms with Crippen molar-refractivity contribution in [3.63, 3.8) is 0 Å². The standard InChI is InChI=1S/C14H24N2S/c1-11-16-12(10-17-11)9-14(15)6-4-5-13(2,3)7-8-14/h10H,4-9,15H2,1-3H3. The number of hydrogen-bond acceptors (Lipinski definition) is 3. The molecule has 2 nitrogen and oxygen atoms in total. The molecule has 0 bridgehead atoms. The monoisotopic (exact) mass is 252 g/mol. The quantitative estimate of drug-likeness (QED) is 0.815. The lowest BCUT2D eigenvalue weighted by atomic mass is 9.82. The molecule has 0 spiro atoms. The molecule has 1 saturated carbocycles. The van der Waals surface area contributed by atoms with Gasteiger partial charge in [0.05, 0.1) is 10.7 Å². The van der Waals surface area contributed by atoms with Crippen LogP contribution in [0.2, 0.25) is 0 Å². The SMILES string of the molecule is Cc1nc(CC2(N)CCCC(C)(C)CC2)cs1. The van der Waals surface area contributed by atoms with Crippen LogP contribution >= 0.6 is 11.3 Å². The summed E-state index contributed by atoms with van der Waals surface area (Å²) in [6, 6.07) is 0. The average Bonchev–Trinajstić information content (AvgIpc) is 2.55. The number of nitrogens with two attached hydrogens (primary N) is 1. The van der Waals surface area contributed by atoms with Crippen LogP contribution in [-0.2, 0) is 6.42 Å². The molecule has 3 heteroatoms. The summed E-state index contributed by atoms with van der Waals surface area (Å²) in [4.78, 5) is 4.56. The second-order valence-electron chi connectivity index (χ2n) is 6.41. The van der Waals surface area contributed by atoms with E-state index in [0.29, 0.717) is 5.41 Å². The largest absolute Gasteiger partial charge is 0.325 e. The number of aryl methyl sites for hydroxylation is 1. The van der Waals surface area contributed by atoms with Crippen LogP contribution < -0.4 is 5.73 Å². The van der Waals surface area contributed by atoms with Crippen molar-refractivity contribution in [1.82, 2.24) is 4.98 Å². The van der Waals surface area contributed by atoms with E-state index in [4.69, 9.17) is 5.73 Å². The van der Waals surface area contributed by atoms with Gasteiger partial charge in [0.2, 0.25) is 0 Å². The second kappa shape index (κ2) is 4.69. The van der Waals surface area contributed by atoms with Gasteiger partial charge in [0.25, 0.3) is 0 Å². The molecule has 0 aliphatic heterocycles. The maximum Gasteiger partial charge on any atom is 0.0897 e. The first-order chi connectivity index (χ1) is 7.89. The van der Waals surface area contributed by atoms with Crippen LogP contribution in [0.4, 0.5) is 0 Å². The molecule has 2 rings (SSSR count). The molecule has 0 aromatic carbocycles. The van der Waals surface area contributed by atoms with Crippen LogP contribution in [-0.4, -0.2) is 10.5 Å². The molecular formula is C14H24N2S. The van der Waals surface area contributed by atoms with Gasteiger partial charge in [0.1, 0.15) is 0 Å². The third-order valence-electron chi connectivity index (χ3n) is 4.03. The Bertz CT molecular complexity index is 383. The Balaban J connectivity index is 2.03. The van der Waals surface area contributed by atoms with E-state index < -0.39 is 0 Å². The highest BCUT2D eigenvalue weighted by Gasteiger charge is 2.33. The van der Waals surface area contributed by atoms with Crippen LogP contribution in [0.1, 0.15) is 56.7 Å². The van der Waals surface area contributed by atoms with Crippen LogP contribution in [0.15, 0.2) is 5.38 Å². The topological polar surface area (TPSA) is 38.9 Å². The Hall–Kier alpha value is -0.410. The predicted octanol–water partition coefficient (Wildman–Crippen LogP) is 3.68. The lowest BCUT2D eigenvalue weighted by Crippen LogP contribution is -2.41. The average molecular weight is 252 g/mol. The van der Waals surface area contributed by atoms with Crippen molar-refractivity contribution in [1.29, 1.82) is 0 Å². The number of rotatable bonds is 2. The highest BCUT2D eigenvalue weighted by Crippen LogP contribution is 2.38. The molecule has 1 aromatic heterocycles. The molecule has 2 N–H and O–H groups in total. The van der Waals surface area contributed by atoms with Gasteiger partial charge in [-0.3, -0.25) is 0 Å². The molecule has 1 aliphatic carbocycles. The molecular weight excluding hydrogens is 228 g/mol. The third-order valence-corrected chi connectivity index (χ3v) is 4.85. The van der Waals surface area contributed by atoms with E-state index in [9.17, 15) is 0 Å². The Morgan fingerprint density at radius 3 is 2.71 bits per heavy atom. The fourth-order valence-electron chi connectivity index (χ4n) is 2.78. The molecule has 17 heavy (non-hydrogen) atoms. The molecule has 0 amide bonds. The Morgan fingerprint density at radius 2 is 2.06 bits per heavy atom. The third kappa shape index (κ3) is 3.52. The number of aromatic nitrogens is 1. The first-order valence-electron chi connectivity index (χ1n) is 6.59. The van der Waals surface area contributed by atoms with Gasteiger partial charge >= 0.3 is 0 Å². The summed E-state index contributed by atoms with van der Waals surface area (Å²) in [5.41, 5.74) is 8.23. The minimum atomic E-state index is -0.0196. The summed E-state index contributed by atoms with van der Waals surface area (Å²) in [6.07, 6.45) is 7.04. The fraction of sp³-hybridized carbons (Fsp3) is 0.786. The van der Waals surface area contributed by atoms with Gasteiger partial charge in [-0.2, -0.15) is 0 Å². The van der Waals surface area contributed by atoms with Gasteiger partial charge in [-0.25, -0.2) is 4.98 Å². The van der Waals surface area contributed by atoms with E-state index in [0.717, 1.165) is 24.3 Å². The van der Waals surface area contributed by atoms with Gasteiger partial charge in [-0.1, -0.05) is 20.3 Å². The summed E-state index contributed by atoms with van der Waals surface area (Å²) >= 11 is 1.73. The van der Waals surface area contributed by atoms with Gasteiger partial charge < -0.3 is 5.73 Å². The Labute approximate surface area is 109 Å². The summed E-state index contributed by atoms with van der Waals surface area (Å²) in [6.45, 7) is 6.80. The number of thiazole rings is 1. The van der Waals surface area contributed by atoms with Crippen molar-refractivity contribution in [2.45, 2.75) is 64.8 Å². The zero-order chi connectivity index (χ0) is 12.5. The summed E-state index contributed by atoms with van der Waals surface area (Å²) in [5.74, 6) is 0. The molecule has 0 radical (unpaired) electrons. The number of hydrogen-bond donors (Lipinski definition) is 1. The van der Waals surface area contributed by atoms with Gasteiger partial charge in [-0.05, 0) is 38.0 Å². The smallest absolute Gasteiger partial charge is 0.0897 e. The van der Waals surface area contributed by atoms with Gasteiger partial charge in [0.15, 0.2) is 0 Å². The first-order valence-corrected chi connectivity index (χ1v) is 7.47. The van der Waals surface area contributed by atoms with Crippen molar-refractivity contribution in [2.24, 2.45) is 11.1 Å². The fourth-order valence-corrected chi connectivity index (χ4v) is 3.40. The van der Waals surface area contributed by atoms with Crippen LogP contribution in [0.5, 0.6) is 0 Å². The predicted molar refractivity (Wildman–Crippen MR) is 74.3 cm³/mol. The van der Waals surface area contributed by atoms with E-state index in [1.807, 2.05) is 0 Å². The normalized spacial score (nSPS) is 28.9. The van der Waals surface area contributed by atoms with Crippen LogP contribution in [0.25, 0.3) is 0 Å². The van der Waals surface area contributed by atoms with Gasteiger partial charge in [0, 0.05) is 17.3 Å². The van der Waals surface area contributed by atoms with E-state index in [-0.39, 0.29) is 5.54 Å². The first kappa shape index (κ1) is 13.0. The van der Waals surface area contributed by atoms with E-state index in [2.05, 4.69) is 31.1 Å². The summed E-state index contributed by atoms with van der Waals surface area (Å²) < 4.78 is 0. The summed E-state index contributed by atoms with van der Waals surface area (Å²) in [5, 5.41) is 3.32. The maximum atomic E-state index is 6.59. The van der Waals surface area contributed by atoms with Crippen molar-refractivity contribution in [3.8, 4) is 0 Å². The highest BCUT2D eigenvalue weighted by atomic mass is 32.1. The van der Waals surface area contributed by atoms with Gasteiger partial charge in [-0.15, -0.1) is 11.3 Å². The van der Waals surface area contributed by atoms with E-state index in [1.165, 1.54) is 25.0 Å². The molecule has 1 heterocycles. The second-order valence-corrected chi connectivity index (χ2v) is 7.48. The number of nitrogens with zero attached hydrogens (tertiary/aromatic N) is 1. The van der Waals surface area contributed by atoms with Crippen molar-refractivity contribution >= 4 is 11.3 Å². The van der Waals surface area contributed by atoms with Crippen molar-refractivity contribution < 1.29 is 0 Å². The van der Waals surface area contributed by atoms with Crippen molar-refractivity contribution in [3.05, 3.63) is 16.1 Å². The Kier molecular flexibility index (Phi) is 3.60. The molecule has 1 fully saturated rings. The lowest BCUT2D eigenvalue weighted by molar-refractivity contribution is 0.296. The molecule has 1 atom stereocenters. The molecule has 1 aliphatic rings.